The number of amides is 1. The molecule has 2 aromatic heterocycles. The van der Waals surface area contributed by atoms with Crippen molar-refractivity contribution in [3.05, 3.63) is 35.8 Å². The molecule has 2 rings (SSSR count). The summed E-state index contributed by atoms with van der Waals surface area (Å²) >= 11 is 0. The Morgan fingerprint density at radius 2 is 2.07 bits per heavy atom. The van der Waals surface area contributed by atoms with Gasteiger partial charge < -0.3 is 5.32 Å². The van der Waals surface area contributed by atoms with Gasteiger partial charge >= 0.3 is 0 Å². The van der Waals surface area contributed by atoms with Crippen molar-refractivity contribution in [2.45, 2.75) is 6.92 Å². The summed E-state index contributed by atoms with van der Waals surface area (Å²) < 4.78 is 0. The highest BCUT2D eigenvalue weighted by Gasteiger charge is 2.04. The van der Waals surface area contributed by atoms with Gasteiger partial charge in [-0.3, -0.25) is 14.8 Å². The molecule has 0 radical (unpaired) electrons. The van der Waals surface area contributed by atoms with Gasteiger partial charge in [0.25, 0.3) is 5.91 Å². The maximum atomic E-state index is 11.4. The molecule has 0 atom stereocenters. The molecule has 0 aliphatic heterocycles. The molecule has 0 saturated carbocycles. The van der Waals surface area contributed by atoms with Crippen molar-refractivity contribution in [3.63, 3.8) is 0 Å². The lowest BCUT2D eigenvalue weighted by Crippen LogP contribution is -2.17. The molecular weight excluding hydrogens is 190 g/mol. The van der Waals surface area contributed by atoms with Crippen LogP contribution in [0.4, 0.5) is 0 Å². The summed E-state index contributed by atoms with van der Waals surface area (Å²) in [7, 11) is 1.60. The molecule has 0 unspecified atom stereocenters. The minimum Gasteiger partial charge on any atom is -0.355 e. The Bertz CT molecular complexity index is 522. The largest absolute Gasteiger partial charge is 0.355 e. The first-order valence-electron chi connectivity index (χ1n) is 4.65. The van der Waals surface area contributed by atoms with Gasteiger partial charge in [-0.2, -0.15) is 0 Å². The molecule has 1 N–H and O–H groups in total. The second-order valence-corrected chi connectivity index (χ2v) is 3.32. The maximum Gasteiger partial charge on any atom is 0.252 e. The fourth-order valence-electron chi connectivity index (χ4n) is 1.39. The van der Waals surface area contributed by atoms with Crippen LogP contribution in [0.15, 0.2) is 24.5 Å². The molecule has 0 bridgehead atoms. The van der Waals surface area contributed by atoms with Gasteiger partial charge in [0.2, 0.25) is 0 Å². The first-order chi connectivity index (χ1) is 7.20. The van der Waals surface area contributed by atoms with Gasteiger partial charge in [0.05, 0.1) is 11.1 Å². The van der Waals surface area contributed by atoms with Crippen molar-refractivity contribution in [1.82, 2.24) is 15.3 Å². The molecule has 0 aliphatic carbocycles. The fraction of sp³-hybridized carbons (Fsp3) is 0.182. The fourth-order valence-corrected chi connectivity index (χ4v) is 1.39. The SMILES string of the molecule is CNC(=O)c1cnc2cc(C)ncc2c1. The lowest BCUT2D eigenvalue weighted by Gasteiger charge is -2.01. The molecule has 0 fully saturated rings. The predicted octanol–water partition coefficient (Wildman–Crippen LogP) is 1.30. The second-order valence-electron chi connectivity index (χ2n) is 3.32. The Labute approximate surface area is 87.4 Å². The normalized spacial score (nSPS) is 10.3. The highest BCUT2D eigenvalue weighted by atomic mass is 16.1. The lowest BCUT2D eigenvalue weighted by atomic mass is 10.2. The van der Waals surface area contributed by atoms with Crippen LogP contribution in [0.25, 0.3) is 10.9 Å². The van der Waals surface area contributed by atoms with Crippen LogP contribution in [0.3, 0.4) is 0 Å². The zero-order valence-electron chi connectivity index (χ0n) is 8.61. The zero-order chi connectivity index (χ0) is 10.8. The maximum absolute atomic E-state index is 11.4. The average Bonchev–Trinajstić information content (AvgIpc) is 2.27. The van der Waals surface area contributed by atoms with Crippen LogP contribution >= 0.6 is 0 Å². The molecule has 4 nitrogen and oxygen atoms in total. The number of fused-ring (bicyclic) bond motifs is 1. The van der Waals surface area contributed by atoms with Crippen LogP contribution < -0.4 is 5.32 Å². The summed E-state index contributed by atoms with van der Waals surface area (Å²) in [4.78, 5) is 19.7. The van der Waals surface area contributed by atoms with E-state index in [1.165, 1.54) is 0 Å². The van der Waals surface area contributed by atoms with Crippen LogP contribution in [-0.4, -0.2) is 22.9 Å². The van der Waals surface area contributed by atoms with Crippen LogP contribution in [0.2, 0.25) is 0 Å². The number of hydrogen-bond donors (Lipinski definition) is 1. The number of carbonyl (C=O) groups is 1. The Balaban J connectivity index is 2.57. The van der Waals surface area contributed by atoms with Crippen LogP contribution in [0.5, 0.6) is 0 Å². The minimum absolute atomic E-state index is 0.134. The van der Waals surface area contributed by atoms with Crippen molar-refractivity contribution >= 4 is 16.8 Å². The number of pyridine rings is 2. The monoisotopic (exact) mass is 201 g/mol. The van der Waals surface area contributed by atoms with Crippen molar-refractivity contribution in [2.24, 2.45) is 0 Å². The van der Waals surface area contributed by atoms with Gasteiger partial charge in [-0.25, -0.2) is 0 Å². The quantitative estimate of drug-likeness (QED) is 0.756. The molecule has 76 valence electrons. The van der Waals surface area contributed by atoms with E-state index in [1.807, 2.05) is 13.0 Å². The first kappa shape index (κ1) is 9.58. The van der Waals surface area contributed by atoms with Gasteiger partial charge in [-0.05, 0) is 19.1 Å². The Morgan fingerprint density at radius 3 is 2.80 bits per heavy atom. The third-order valence-corrected chi connectivity index (χ3v) is 2.19. The molecular formula is C11H11N3O. The number of nitrogens with one attached hydrogen (secondary N) is 1. The molecule has 4 heteroatoms. The van der Waals surface area contributed by atoms with Gasteiger partial charge in [0.1, 0.15) is 0 Å². The highest BCUT2D eigenvalue weighted by Crippen LogP contribution is 2.12. The minimum atomic E-state index is -0.134. The summed E-state index contributed by atoms with van der Waals surface area (Å²) in [6.07, 6.45) is 3.30. The first-order valence-corrected chi connectivity index (χ1v) is 4.65. The highest BCUT2D eigenvalue weighted by molar-refractivity contribution is 5.96. The van der Waals surface area contributed by atoms with Gasteiger partial charge in [-0.1, -0.05) is 0 Å². The standard InChI is InChI=1S/C11H11N3O/c1-7-3-10-8(5-13-7)4-9(6-14-10)11(15)12-2/h3-6H,1-2H3,(H,12,15). The molecule has 1 amide bonds. The van der Waals surface area contributed by atoms with Crippen LogP contribution in [0.1, 0.15) is 16.1 Å². The smallest absolute Gasteiger partial charge is 0.252 e. The molecule has 0 aromatic carbocycles. The summed E-state index contributed by atoms with van der Waals surface area (Å²) in [5.41, 5.74) is 2.33. The Morgan fingerprint density at radius 1 is 1.27 bits per heavy atom. The average molecular weight is 201 g/mol. The van der Waals surface area contributed by atoms with E-state index in [4.69, 9.17) is 0 Å². The molecule has 0 saturated heterocycles. The van der Waals surface area contributed by atoms with Crippen molar-refractivity contribution in [3.8, 4) is 0 Å². The predicted molar refractivity (Wildman–Crippen MR) is 57.7 cm³/mol. The molecule has 2 aromatic rings. The van der Waals surface area contributed by atoms with Crippen LogP contribution in [0, 0.1) is 6.92 Å². The van der Waals surface area contributed by atoms with Crippen molar-refractivity contribution < 1.29 is 4.79 Å². The van der Waals surface area contributed by atoms with E-state index in [0.717, 1.165) is 16.6 Å². The van der Waals surface area contributed by atoms with E-state index >= 15 is 0 Å². The second kappa shape index (κ2) is 3.65. The van der Waals surface area contributed by atoms with E-state index in [1.54, 1.807) is 25.5 Å². The summed E-state index contributed by atoms with van der Waals surface area (Å²) in [5, 5.41) is 3.43. The summed E-state index contributed by atoms with van der Waals surface area (Å²) in [5.74, 6) is -0.134. The number of aromatic nitrogens is 2. The number of carbonyl (C=O) groups excluding carboxylic acids is 1. The topological polar surface area (TPSA) is 54.9 Å². The summed E-state index contributed by atoms with van der Waals surface area (Å²) in [6.45, 7) is 1.91. The van der Waals surface area contributed by atoms with E-state index in [2.05, 4.69) is 15.3 Å². The van der Waals surface area contributed by atoms with Crippen molar-refractivity contribution in [1.29, 1.82) is 0 Å². The van der Waals surface area contributed by atoms with Gasteiger partial charge in [-0.15, -0.1) is 0 Å². The number of rotatable bonds is 1. The van der Waals surface area contributed by atoms with E-state index in [9.17, 15) is 4.79 Å². The molecule has 2 heterocycles. The van der Waals surface area contributed by atoms with Gasteiger partial charge in [0, 0.05) is 30.5 Å². The molecule has 0 spiro atoms. The van der Waals surface area contributed by atoms with E-state index < -0.39 is 0 Å². The number of nitrogens with zero attached hydrogens (tertiary/aromatic N) is 2. The van der Waals surface area contributed by atoms with Gasteiger partial charge in [0.15, 0.2) is 0 Å². The molecule has 15 heavy (non-hydrogen) atoms. The third kappa shape index (κ3) is 1.79. The zero-order valence-corrected chi connectivity index (χ0v) is 8.61. The Kier molecular flexibility index (Phi) is 2.33. The Hall–Kier alpha value is -1.97. The van der Waals surface area contributed by atoms with E-state index in [-0.39, 0.29) is 5.91 Å². The molecule has 0 aliphatic rings. The third-order valence-electron chi connectivity index (χ3n) is 2.19. The number of aryl methyl sites for hydroxylation is 1. The van der Waals surface area contributed by atoms with Crippen molar-refractivity contribution in [2.75, 3.05) is 7.05 Å². The lowest BCUT2D eigenvalue weighted by molar-refractivity contribution is 0.0963. The summed E-state index contributed by atoms with van der Waals surface area (Å²) in [6, 6.07) is 3.68. The van der Waals surface area contributed by atoms with Crippen LogP contribution in [-0.2, 0) is 0 Å². The van der Waals surface area contributed by atoms with E-state index in [0.29, 0.717) is 5.56 Å². The number of hydrogen-bond acceptors (Lipinski definition) is 3.